The Labute approximate surface area is 167 Å². The fraction of sp³-hybridized carbons (Fsp3) is 0.632. The van der Waals surface area contributed by atoms with E-state index in [4.69, 9.17) is 11.6 Å². The van der Waals surface area contributed by atoms with Gasteiger partial charge in [0.05, 0.1) is 11.4 Å². The summed E-state index contributed by atoms with van der Waals surface area (Å²) >= 11 is 5.85. The maximum Gasteiger partial charge on any atom is 0.243 e. The predicted molar refractivity (Wildman–Crippen MR) is 106 cm³/mol. The summed E-state index contributed by atoms with van der Waals surface area (Å²) in [5.41, 5.74) is 0. The van der Waals surface area contributed by atoms with E-state index in [1.54, 1.807) is 12.1 Å². The highest BCUT2D eigenvalue weighted by atomic mass is 35.5. The summed E-state index contributed by atoms with van der Waals surface area (Å²) in [5.74, 6) is 0.156. The molecule has 0 unspecified atom stereocenters. The number of hydrogen-bond acceptors (Lipinski definition) is 4. The molecule has 0 aliphatic carbocycles. The lowest BCUT2D eigenvalue weighted by molar-refractivity contribution is -0.138. The van der Waals surface area contributed by atoms with Crippen LogP contribution in [0.2, 0.25) is 5.02 Å². The number of carbonyl (C=O) groups excluding carboxylic acids is 1. The Balaban J connectivity index is 1.57. The highest BCUT2D eigenvalue weighted by Crippen LogP contribution is 2.23. The van der Waals surface area contributed by atoms with Gasteiger partial charge in [-0.1, -0.05) is 11.6 Å². The van der Waals surface area contributed by atoms with Crippen molar-refractivity contribution in [3.63, 3.8) is 0 Å². The summed E-state index contributed by atoms with van der Waals surface area (Å²) in [5, 5.41) is 0.512. The van der Waals surface area contributed by atoms with Gasteiger partial charge in [-0.15, -0.1) is 0 Å². The van der Waals surface area contributed by atoms with Crippen LogP contribution in [0.3, 0.4) is 0 Å². The average molecular weight is 414 g/mol. The molecule has 0 N–H and O–H groups in total. The zero-order valence-electron chi connectivity index (χ0n) is 16.0. The number of amides is 1. The first kappa shape index (κ1) is 20.6. The van der Waals surface area contributed by atoms with E-state index in [-0.39, 0.29) is 22.9 Å². The molecule has 1 aromatic carbocycles. The molecule has 2 fully saturated rings. The summed E-state index contributed by atoms with van der Waals surface area (Å²) in [6, 6.07) is 6.81. The van der Waals surface area contributed by atoms with Crippen LogP contribution >= 0.6 is 11.6 Å². The molecular formula is C19H28ClN3O3S. The topological polar surface area (TPSA) is 60.9 Å². The van der Waals surface area contributed by atoms with Gasteiger partial charge in [0.15, 0.2) is 0 Å². The molecule has 2 atom stereocenters. The lowest BCUT2D eigenvalue weighted by atomic mass is 9.97. The Kier molecular flexibility index (Phi) is 6.46. The Morgan fingerprint density at radius 2 is 1.59 bits per heavy atom. The normalized spacial score (nSPS) is 25.5. The van der Waals surface area contributed by atoms with Crippen molar-refractivity contribution in [2.45, 2.75) is 50.1 Å². The predicted octanol–water partition coefficient (Wildman–Crippen LogP) is 2.44. The van der Waals surface area contributed by atoms with Crippen molar-refractivity contribution in [1.29, 1.82) is 0 Å². The largest absolute Gasteiger partial charge is 0.336 e. The highest BCUT2D eigenvalue weighted by Gasteiger charge is 2.32. The van der Waals surface area contributed by atoms with Crippen LogP contribution in [0.1, 0.15) is 33.1 Å². The first-order valence-corrected chi connectivity index (χ1v) is 11.4. The second-order valence-corrected chi connectivity index (χ2v) is 9.94. The lowest BCUT2D eigenvalue weighted by Gasteiger charge is -2.41. The van der Waals surface area contributed by atoms with Gasteiger partial charge >= 0.3 is 0 Å². The first-order valence-electron chi connectivity index (χ1n) is 9.58. The van der Waals surface area contributed by atoms with Crippen LogP contribution in [0.5, 0.6) is 0 Å². The molecule has 1 aromatic rings. The molecule has 8 heteroatoms. The molecule has 0 aromatic heterocycles. The van der Waals surface area contributed by atoms with Crippen molar-refractivity contribution in [1.82, 2.24) is 14.1 Å². The number of halogens is 1. The van der Waals surface area contributed by atoms with Gasteiger partial charge in [0, 0.05) is 43.3 Å². The third-order valence-electron chi connectivity index (χ3n) is 5.62. The second-order valence-electron chi connectivity index (χ2n) is 7.56. The maximum absolute atomic E-state index is 12.8. The van der Waals surface area contributed by atoms with E-state index in [0.29, 0.717) is 37.7 Å². The van der Waals surface area contributed by atoms with E-state index in [1.807, 2.05) is 4.90 Å². The zero-order chi connectivity index (χ0) is 19.6. The fourth-order valence-electron chi connectivity index (χ4n) is 4.07. The van der Waals surface area contributed by atoms with Crippen molar-refractivity contribution in [2.24, 2.45) is 0 Å². The molecule has 2 saturated heterocycles. The number of sulfonamides is 1. The number of carbonyl (C=O) groups is 1. The van der Waals surface area contributed by atoms with Crippen LogP contribution in [-0.4, -0.2) is 73.2 Å². The second kappa shape index (κ2) is 8.47. The Morgan fingerprint density at radius 3 is 2.15 bits per heavy atom. The van der Waals surface area contributed by atoms with Crippen molar-refractivity contribution in [3.05, 3.63) is 29.3 Å². The summed E-state index contributed by atoms with van der Waals surface area (Å²) in [6.45, 7) is 6.51. The van der Waals surface area contributed by atoms with Gasteiger partial charge in [0.25, 0.3) is 0 Å². The minimum atomic E-state index is -3.52. The van der Waals surface area contributed by atoms with Gasteiger partial charge in [-0.05, 0) is 57.4 Å². The van der Waals surface area contributed by atoms with Gasteiger partial charge in [-0.25, -0.2) is 8.42 Å². The molecule has 0 spiro atoms. The van der Waals surface area contributed by atoms with Crippen LogP contribution in [-0.2, 0) is 14.8 Å². The van der Waals surface area contributed by atoms with Gasteiger partial charge in [-0.3, -0.25) is 9.69 Å². The zero-order valence-corrected chi connectivity index (χ0v) is 17.5. The van der Waals surface area contributed by atoms with Crippen LogP contribution in [0.25, 0.3) is 0 Å². The smallest absolute Gasteiger partial charge is 0.243 e. The van der Waals surface area contributed by atoms with E-state index in [1.165, 1.54) is 22.9 Å². The molecule has 6 nitrogen and oxygen atoms in total. The molecule has 150 valence electrons. The third-order valence-corrected chi connectivity index (χ3v) is 7.79. The number of benzene rings is 1. The Morgan fingerprint density at radius 1 is 1.04 bits per heavy atom. The molecule has 27 heavy (non-hydrogen) atoms. The molecule has 0 bridgehead atoms. The Hall–Kier alpha value is -1.15. The molecular weight excluding hydrogens is 386 g/mol. The fourth-order valence-corrected chi connectivity index (χ4v) is 5.62. The summed E-state index contributed by atoms with van der Waals surface area (Å²) in [7, 11) is -3.52. The molecule has 0 saturated carbocycles. The lowest BCUT2D eigenvalue weighted by Crippen LogP contribution is -2.54. The van der Waals surface area contributed by atoms with E-state index < -0.39 is 10.0 Å². The van der Waals surface area contributed by atoms with Gasteiger partial charge in [-0.2, -0.15) is 4.31 Å². The minimum Gasteiger partial charge on any atom is -0.336 e. The SMILES string of the molecule is C[C@H]1CCC[C@H](C)N1C(=O)CN1CCN(S(=O)(=O)c2ccc(Cl)cc2)CC1. The summed E-state index contributed by atoms with van der Waals surface area (Å²) in [6.07, 6.45) is 3.29. The number of nitrogens with zero attached hydrogens (tertiary/aromatic N) is 3. The molecule has 2 aliphatic rings. The molecule has 1 amide bonds. The van der Waals surface area contributed by atoms with E-state index in [2.05, 4.69) is 18.7 Å². The monoisotopic (exact) mass is 413 g/mol. The third kappa shape index (κ3) is 4.65. The van der Waals surface area contributed by atoms with E-state index in [0.717, 1.165) is 12.8 Å². The van der Waals surface area contributed by atoms with Gasteiger partial charge in [0.2, 0.25) is 15.9 Å². The van der Waals surface area contributed by atoms with Crippen molar-refractivity contribution < 1.29 is 13.2 Å². The van der Waals surface area contributed by atoms with Crippen LogP contribution < -0.4 is 0 Å². The summed E-state index contributed by atoms with van der Waals surface area (Å²) < 4.78 is 27.0. The number of hydrogen-bond donors (Lipinski definition) is 0. The standard InChI is InChI=1S/C19H28ClN3O3S/c1-15-4-3-5-16(2)23(15)19(24)14-21-10-12-22(13-11-21)27(25,26)18-8-6-17(20)7-9-18/h6-9,15-16H,3-5,10-14H2,1-2H3/t15-,16-/m0/s1. The molecule has 2 heterocycles. The minimum absolute atomic E-state index is 0.156. The van der Waals surface area contributed by atoms with E-state index >= 15 is 0 Å². The molecule has 2 aliphatic heterocycles. The number of rotatable bonds is 4. The Bertz CT molecular complexity index is 751. The maximum atomic E-state index is 12.8. The van der Waals surface area contributed by atoms with Crippen molar-refractivity contribution in [3.8, 4) is 0 Å². The van der Waals surface area contributed by atoms with Crippen molar-refractivity contribution in [2.75, 3.05) is 32.7 Å². The van der Waals surface area contributed by atoms with Crippen LogP contribution in [0.4, 0.5) is 0 Å². The van der Waals surface area contributed by atoms with Crippen LogP contribution in [0, 0.1) is 0 Å². The summed E-state index contributed by atoms with van der Waals surface area (Å²) in [4.78, 5) is 17.1. The highest BCUT2D eigenvalue weighted by molar-refractivity contribution is 7.89. The van der Waals surface area contributed by atoms with E-state index in [9.17, 15) is 13.2 Å². The quantitative estimate of drug-likeness (QED) is 0.760. The first-order chi connectivity index (χ1) is 12.8. The number of piperazine rings is 1. The average Bonchev–Trinajstić information content (AvgIpc) is 2.62. The molecule has 0 radical (unpaired) electrons. The van der Waals surface area contributed by atoms with Gasteiger partial charge < -0.3 is 4.90 Å². The van der Waals surface area contributed by atoms with Crippen molar-refractivity contribution >= 4 is 27.5 Å². The molecule has 3 rings (SSSR count). The number of piperidine rings is 1. The number of likely N-dealkylation sites (tertiary alicyclic amines) is 1. The van der Waals surface area contributed by atoms with Crippen LogP contribution in [0.15, 0.2) is 29.2 Å². The van der Waals surface area contributed by atoms with Gasteiger partial charge in [0.1, 0.15) is 0 Å².